The summed E-state index contributed by atoms with van der Waals surface area (Å²) in [5.41, 5.74) is -2.38. The van der Waals surface area contributed by atoms with Gasteiger partial charge in [-0.15, -0.1) is 0 Å². The molecule has 0 unspecified atom stereocenters. The summed E-state index contributed by atoms with van der Waals surface area (Å²) >= 11 is 0. The number of aromatic nitrogens is 3. The first-order chi connectivity index (χ1) is 31.3. The van der Waals surface area contributed by atoms with E-state index in [-0.39, 0.29) is 55.7 Å². The Bertz CT molecular complexity index is 3550. The van der Waals surface area contributed by atoms with Gasteiger partial charge in [-0.3, -0.25) is 18.2 Å². The Morgan fingerprint density at radius 1 is 0.433 bits per heavy atom. The van der Waals surface area contributed by atoms with Crippen molar-refractivity contribution < 1.29 is 76.8 Å². The number of fused-ring (bicyclic) bond motifs is 2. The van der Waals surface area contributed by atoms with Gasteiger partial charge in [0.25, 0.3) is 40.5 Å². The van der Waals surface area contributed by atoms with E-state index >= 15 is 0 Å². The molecule has 6 aromatic carbocycles. The Kier molecular flexibility index (Phi) is 12.2. The average molecular weight is 996 g/mol. The van der Waals surface area contributed by atoms with Crippen LogP contribution in [0.1, 0.15) is 20.7 Å². The van der Waals surface area contributed by atoms with Gasteiger partial charge in [0.05, 0.1) is 45.3 Å². The zero-order chi connectivity index (χ0) is 48.8. The molecule has 67 heavy (non-hydrogen) atoms. The van der Waals surface area contributed by atoms with Gasteiger partial charge in [0.15, 0.2) is 0 Å². The van der Waals surface area contributed by atoms with Crippen LogP contribution < -0.4 is 10.6 Å². The van der Waals surface area contributed by atoms with Gasteiger partial charge in [-0.25, -0.2) is 9.59 Å². The number of nitrogens with zero attached hydrogens (tertiary/aromatic N) is 7. The number of aromatic hydroxyl groups is 1. The number of carbonyl (C=O) groups is 2. The maximum absolute atomic E-state index is 12.3. The number of rotatable bonds is 14. The molecule has 0 bridgehead atoms. The normalized spacial score (nSPS) is 12.5. The van der Waals surface area contributed by atoms with E-state index in [0.717, 1.165) is 72.8 Å². The second kappa shape index (κ2) is 17.4. The third kappa shape index (κ3) is 10.5. The number of anilines is 4. The zero-order valence-electron chi connectivity index (χ0n) is 32.7. The van der Waals surface area contributed by atoms with Gasteiger partial charge in [0, 0.05) is 21.5 Å². The molecule has 7 aromatic rings. The third-order valence-electron chi connectivity index (χ3n) is 9.06. The van der Waals surface area contributed by atoms with Crippen molar-refractivity contribution in [2.75, 3.05) is 10.6 Å². The molecular weight excluding hydrogens is 971 g/mol. The summed E-state index contributed by atoms with van der Waals surface area (Å²) in [4.78, 5) is 33.1. The summed E-state index contributed by atoms with van der Waals surface area (Å²) in [6.45, 7) is 0. The van der Waals surface area contributed by atoms with Gasteiger partial charge >= 0.3 is 17.9 Å². The number of nitrogens with one attached hydrogen (secondary N) is 2. The molecule has 1 aromatic heterocycles. The van der Waals surface area contributed by atoms with Crippen molar-refractivity contribution in [2.45, 2.75) is 19.6 Å². The molecule has 0 aliphatic heterocycles. The number of carboxylic acids is 2. The maximum Gasteiger partial charge on any atom is 0.337 e. The summed E-state index contributed by atoms with van der Waals surface area (Å²) < 4.78 is 136. The second-order valence-electron chi connectivity index (χ2n) is 13.5. The van der Waals surface area contributed by atoms with Gasteiger partial charge in [0.2, 0.25) is 11.9 Å². The molecule has 0 aliphatic carbocycles. The standard InChI is InChI=1S/C37H25N9O17S4/c47-33(48)25-11-17(43-45-19-13-23-21(31(15-19)66(58,59)60)3-1-5-29(23)64(52,53)54)7-9-27(25)38-35-40-36(42-37(51)41-35)39-28-10-8-18(12-26(28)34(49)50)44-46-20-14-24-22(32(16-20)67(61,62)63)4-2-6-30(24)65(55,56)57/h1-16H,(H,47,48)(H,49,50)(H,52,53,54)(H,55,56,57)(H,58,59,60)(H,61,62,63)(H3,38,39,40,41,42,51)/b45-43+,46-44+. The molecular formula is C37H25N9O17S4. The number of aromatic carboxylic acids is 2. The number of benzene rings is 6. The molecule has 0 saturated carbocycles. The lowest BCUT2D eigenvalue weighted by atomic mass is 10.1. The SMILES string of the molecule is O=C(O)c1cc(/N=N/c2cc(S(=O)(=O)O)c3cccc(S(=O)(=O)O)c3c2)ccc1Nc1nc(O)nc(Nc2ccc(/N=N/c3cc(S(=O)(=O)O)c4cccc(S(=O)(=O)O)c4c3)cc2C(=O)O)n1. The maximum atomic E-state index is 12.3. The molecule has 0 aliphatic rings. The highest BCUT2D eigenvalue weighted by Crippen LogP contribution is 2.36. The predicted octanol–water partition coefficient (Wildman–Crippen LogP) is 6.58. The van der Waals surface area contributed by atoms with Crippen LogP contribution in [0, 0.1) is 0 Å². The number of hydrogen-bond donors (Lipinski definition) is 9. The molecule has 7 rings (SSSR count). The Morgan fingerprint density at radius 3 is 1.13 bits per heavy atom. The molecule has 0 spiro atoms. The van der Waals surface area contributed by atoms with Crippen LogP contribution in [0.5, 0.6) is 6.01 Å². The summed E-state index contributed by atoms with van der Waals surface area (Å²) in [7, 11) is -19.8. The highest BCUT2D eigenvalue weighted by atomic mass is 32.2. The van der Waals surface area contributed by atoms with Crippen molar-refractivity contribution in [1.29, 1.82) is 0 Å². The van der Waals surface area contributed by atoms with Crippen molar-refractivity contribution in [3.05, 3.63) is 108 Å². The number of hydrogen-bond acceptors (Lipinski definition) is 20. The third-order valence-corrected chi connectivity index (χ3v) is 12.7. The Hall–Kier alpha value is -7.97. The van der Waals surface area contributed by atoms with E-state index in [1.54, 1.807) is 0 Å². The fourth-order valence-electron chi connectivity index (χ4n) is 6.32. The Balaban J connectivity index is 1.15. The fourth-order valence-corrected chi connectivity index (χ4v) is 9.17. The van der Waals surface area contributed by atoms with Gasteiger partial charge in [-0.05, 0) is 72.8 Å². The molecule has 30 heteroatoms. The minimum absolute atomic E-state index is 0.157. The van der Waals surface area contributed by atoms with Gasteiger partial charge in [0.1, 0.15) is 19.6 Å². The van der Waals surface area contributed by atoms with E-state index in [4.69, 9.17) is 0 Å². The van der Waals surface area contributed by atoms with Crippen LogP contribution in [-0.2, 0) is 40.5 Å². The number of carboxylic acid groups (broad SMARTS) is 2. The van der Waals surface area contributed by atoms with Crippen LogP contribution in [0.4, 0.5) is 46.0 Å². The molecule has 26 nitrogen and oxygen atoms in total. The van der Waals surface area contributed by atoms with Crippen LogP contribution in [-0.4, -0.2) is 94.1 Å². The Morgan fingerprint density at radius 2 is 0.791 bits per heavy atom. The van der Waals surface area contributed by atoms with Crippen molar-refractivity contribution in [3.63, 3.8) is 0 Å². The molecule has 344 valence electrons. The molecule has 1 heterocycles. The van der Waals surface area contributed by atoms with Gasteiger partial charge in [-0.2, -0.15) is 69.1 Å². The van der Waals surface area contributed by atoms with Crippen molar-refractivity contribution >= 4 is 120 Å². The lowest BCUT2D eigenvalue weighted by Gasteiger charge is -2.12. The summed E-state index contributed by atoms with van der Waals surface area (Å²) in [5, 5.41) is 49.7. The topological polar surface area (TPSA) is 424 Å². The highest BCUT2D eigenvalue weighted by molar-refractivity contribution is 7.87. The van der Waals surface area contributed by atoms with Crippen LogP contribution in [0.15, 0.2) is 137 Å². The van der Waals surface area contributed by atoms with Gasteiger partial charge < -0.3 is 26.0 Å². The number of azo groups is 2. The van der Waals surface area contributed by atoms with E-state index < -0.39 is 101 Å². The zero-order valence-corrected chi connectivity index (χ0v) is 36.0. The smallest absolute Gasteiger partial charge is 0.337 e. The minimum atomic E-state index is -4.98. The fraction of sp³-hybridized carbons (Fsp3) is 0. The molecule has 0 saturated heterocycles. The Labute approximate surface area is 375 Å². The molecule has 9 N–H and O–H groups in total. The van der Waals surface area contributed by atoms with E-state index in [1.165, 1.54) is 24.3 Å². The predicted molar refractivity (Wildman–Crippen MR) is 230 cm³/mol. The average Bonchev–Trinajstić information content (AvgIpc) is 3.22. The van der Waals surface area contributed by atoms with E-state index in [0.29, 0.717) is 0 Å². The summed E-state index contributed by atoms with van der Waals surface area (Å²) in [6, 6.07) is 16.2. The quantitative estimate of drug-likeness (QED) is 0.0410. The first kappa shape index (κ1) is 47.0. The highest BCUT2D eigenvalue weighted by Gasteiger charge is 2.24. The molecule has 0 amide bonds. The van der Waals surface area contributed by atoms with Crippen molar-refractivity contribution in [2.24, 2.45) is 20.5 Å². The molecule has 0 atom stereocenters. The summed E-state index contributed by atoms with van der Waals surface area (Å²) in [5.74, 6) is -4.04. The van der Waals surface area contributed by atoms with E-state index in [2.05, 4.69) is 46.0 Å². The van der Waals surface area contributed by atoms with Gasteiger partial charge in [-0.1, -0.05) is 24.3 Å². The lowest BCUT2D eigenvalue weighted by Crippen LogP contribution is -2.08. The van der Waals surface area contributed by atoms with E-state index in [1.807, 2.05) is 0 Å². The first-order valence-electron chi connectivity index (χ1n) is 17.9. The van der Waals surface area contributed by atoms with Crippen LogP contribution in [0.2, 0.25) is 0 Å². The van der Waals surface area contributed by atoms with Crippen LogP contribution >= 0.6 is 0 Å². The molecule has 0 radical (unpaired) electrons. The monoisotopic (exact) mass is 995 g/mol. The minimum Gasteiger partial charge on any atom is -0.479 e. The first-order valence-corrected chi connectivity index (χ1v) is 23.6. The second-order valence-corrected chi connectivity index (χ2v) is 19.1. The largest absolute Gasteiger partial charge is 0.479 e. The summed E-state index contributed by atoms with van der Waals surface area (Å²) in [6.07, 6.45) is 0. The van der Waals surface area contributed by atoms with Crippen LogP contribution in [0.25, 0.3) is 21.5 Å². The lowest BCUT2D eigenvalue weighted by molar-refractivity contribution is 0.0687. The molecule has 0 fully saturated rings. The van der Waals surface area contributed by atoms with Crippen LogP contribution in [0.3, 0.4) is 0 Å². The van der Waals surface area contributed by atoms with E-state index in [9.17, 15) is 76.8 Å². The van der Waals surface area contributed by atoms with Crippen molar-refractivity contribution in [3.8, 4) is 6.01 Å². The van der Waals surface area contributed by atoms with Crippen molar-refractivity contribution in [1.82, 2.24) is 15.0 Å².